The lowest BCUT2D eigenvalue weighted by Gasteiger charge is -2.26. The number of nitrogens with zero attached hydrogens (tertiary/aromatic N) is 3. The average Bonchev–Trinajstić information content (AvgIpc) is 3.17. The number of carbonyl (C=O) groups excluding carboxylic acids is 2. The Labute approximate surface area is 198 Å². The highest BCUT2D eigenvalue weighted by Crippen LogP contribution is 2.31. The van der Waals surface area contributed by atoms with Gasteiger partial charge in [-0.25, -0.2) is 14.5 Å². The van der Waals surface area contributed by atoms with Crippen molar-refractivity contribution < 1.29 is 14.3 Å². The Morgan fingerprint density at radius 1 is 1.06 bits per heavy atom. The van der Waals surface area contributed by atoms with Gasteiger partial charge in [0.15, 0.2) is 5.69 Å². The van der Waals surface area contributed by atoms with E-state index in [1.807, 2.05) is 30.1 Å². The van der Waals surface area contributed by atoms with Gasteiger partial charge in [-0.2, -0.15) is 5.10 Å². The lowest BCUT2D eigenvalue weighted by molar-refractivity contribution is 0.0526. The van der Waals surface area contributed by atoms with Gasteiger partial charge in [0.1, 0.15) is 0 Å². The Kier molecular flexibility index (Phi) is 7.11. The molecule has 1 N–H and O–H groups in total. The third-order valence-electron chi connectivity index (χ3n) is 5.70. The molecule has 0 atom stereocenters. The van der Waals surface area contributed by atoms with Crippen LogP contribution >= 0.6 is 11.6 Å². The minimum Gasteiger partial charge on any atom is -0.462 e. The molecule has 0 aliphatic carbocycles. The van der Waals surface area contributed by atoms with Gasteiger partial charge >= 0.3 is 5.97 Å². The Balaban J connectivity index is 1.82. The van der Waals surface area contributed by atoms with Crippen molar-refractivity contribution in [3.63, 3.8) is 0 Å². The number of aromatic nitrogens is 2. The van der Waals surface area contributed by atoms with Crippen molar-refractivity contribution in [1.29, 1.82) is 0 Å². The topological polar surface area (TPSA) is 76.5 Å². The smallest absolute Gasteiger partial charge is 0.340 e. The van der Waals surface area contributed by atoms with Crippen LogP contribution in [0.25, 0.3) is 16.9 Å². The van der Waals surface area contributed by atoms with Gasteiger partial charge in [0, 0.05) is 29.2 Å². The normalized spacial score (nSPS) is 14.2. The number of rotatable bonds is 6. The van der Waals surface area contributed by atoms with E-state index in [4.69, 9.17) is 16.3 Å². The predicted molar refractivity (Wildman–Crippen MR) is 128 cm³/mol. The van der Waals surface area contributed by atoms with Crippen LogP contribution in [0.2, 0.25) is 5.02 Å². The second kappa shape index (κ2) is 10.2. The van der Waals surface area contributed by atoms with E-state index in [2.05, 4.69) is 10.5 Å². The third kappa shape index (κ3) is 4.94. The molecule has 172 valence electrons. The van der Waals surface area contributed by atoms with Crippen molar-refractivity contribution in [2.45, 2.75) is 33.1 Å². The number of hydrogen-bond acceptors (Lipinski definition) is 5. The molecule has 8 heteroatoms. The summed E-state index contributed by atoms with van der Waals surface area (Å²) in [4.78, 5) is 25.8. The molecule has 0 radical (unpaired) electrons. The number of esters is 1. The van der Waals surface area contributed by atoms with Gasteiger partial charge in [-0.05, 0) is 51.0 Å². The molecule has 1 amide bonds. The lowest BCUT2D eigenvalue weighted by Crippen LogP contribution is -2.45. The van der Waals surface area contributed by atoms with Gasteiger partial charge in [0.05, 0.1) is 23.6 Å². The van der Waals surface area contributed by atoms with Crippen molar-refractivity contribution in [2.75, 3.05) is 19.7 Å². The molecule has 3 aromatic rings. The summed E-state index contributed by atoms with van der Waals surface area (Å²) >= 11 is 6.11. The van der Waals surface area contributed by atoms with Gasteiger partial charge in [-0.3, -0.25) is 10.2 Å². The minimum absolute atomic E-state index is 0.263. The number of halogens is 1. The Morgan fingerprint density at radius 2 is 1.76 bits per heavy atom. The fourth-order valence-corrected chi connectivity index (χ4v) is 4.20. The number of hydrogen-bond donors (Lipinski definition) is 1. The highest BCUT2D eigenvalue weighted by molar-refractivity contribution is 6.30. The first-order valence-electron chi connectivity index (χ1n) is 11.2. The summed E-state index contributed by atoms with van der Waals surface area (Å²) in [6.45, 7) is 5.54. The van der Waals surface area contributed by atoms with Crippen molar-refractivity contribution in [3.05, 3.63) is 70.4 Å². The molecule has 0 saturated carbocycles. The molecule has 7 nitrogen and oxygen atoms in total. The second-order valence-corrected chi connectivity index (χ2v) is 8.40. The fourth-order valence-electron chi connectivity index (χ4n) is 4.07. The second-order valence-electron chi connectivity index (χ2n) is 7.97. The fraction of sp³-hybridized carbons (Fsp3) is 0.320. The Morgan fingerprint density at radius 3 is 2.45 bits per heavy atom. The van der Waals surface area contributed by atoms with Crippen LogP contribution in [0.5, 0.6) is 0 Å². The van der Waals surface area contributed by atoms with Crippen LogP contribution in [0.3, 0.4) is 0 Å². The van der Waals surface area contributed by atoms with E-state index in [-0.39, 0.29) is 12.5 Å². The summed E-state index contributed by atoms with van der Waals surface area (Å²) in [5, 5.41) is 7.24. The van der Waals surface area contributed by atoms with E-state index in [0.717, 1.165) is 31.5 Å². The van der Waals surface area contributed by atoms with Crippen molar-refractivity contribution >= 4 is 23.5 Å². The standard InChI is InChI=1S/C25H27ClN4O3/c1-3-33-25(32)20-9-5-6-10-21(20)30-23(18-11-13-19(26)14-12-18)17(2)22(27-30)24(31)28-29-15-7-4-8-16-29/h5-6,9-14H,3-4,7-8,15-16H2,1-2H3,(H,28,31). The molecular weight excluding hydrogens is 440 g/mol. The van der Waals surface area contributed by atoms with E-state index >= 15 is 0 Å². The molecular formula is C25H27ClN4O3. The zero-order valence-corrected chi connectivity index (χ0v) is 19.6. The molecule has 4 rings (SSSR count). The maximum Gasteiger partial charge on any atom is 0.340 e. The SMILES string of the molecule is CCOC(=O)c1ccccc1-n1nc(C(=O)NN2CCCCC2)c(C)c1-c1ccc(Cl)cc1. The lowest BCUT2D eigenvalue weighted by atomic mass is 10.1. The number of hydrazine groups is 1. The molecule has 0 spiro atoms. The first-order valence-corrected chi connectivity index (χ1v) is 11.6. The summed E-state index contributed by atoms with van der Waals surface area (Å²) in [7, 11) is 0. The summed E-state index contributed by atoms with van der Waals surface area (Å²) in [5.74, 6) is -0.709. The van der Waals surface area contributed by atoms with Crippen molar-refractivity contribution in [2.24, 2.45) is 0 Å². The van der Waals surface area contributed by atoms with Crippen LogP contribution in [0.4, 0.5) is 0 Å². The first kappa shape index (κ1) is 23.0. The molecule has 2 aromatic carbocycles. The van der Waals surface area contributed by atoms with Gasteiger partial charge in [0.2, 0.25) is 0 Å². The van der Waals surface area contributed by atoms with E-state index in [1.165, 1.54) is 6.42 Å². The van der Waals surface area contributed by atoms with Crippen LogP contribution in [-0.2, 0) is 4.74 Å². The number of carbonyl (C=O) groups is 2. The molecule has 33 heavy (non-hydrogen) atoms. The monoisotopic (exact) mass is 466 g/mol. The average molecular weight is 467 g/mol. The van der Waals surface area contributed by atoms with E-state index in [0.29, 0.717) is 33.2 Å². The molecule has 1 saturated heterocycles. The number of piperidine rings is 1. The largest absolute Gasteiger partial charge is 0.462 e. The highest BCUT2D eigenvalue weighted by Gasteiger charge is 2.26. The number of benzene rings is 2. The number of nitrogens with one attached hydrogen (secondary N) is 1. The number of amides is 1. The van der Waals surface area contributed by atoms with E-state index in [1.54, 1.807) is 41.9 Å². The van der Waals surface area contributed by atoms with E-state index < -0.39 is 5.97 Å². The van der Waals surface area contributed by atoms with Gasteiger partial charge in [0.25, 0.3) is 5.91 Å². The first-order chi connectivity index (χ1) is 16.0. The Bertz CT molecular complexity index is 1150. The van der Waals surface area contributed by atoms with Crippen LogP contribution in [0.1, 0.15) is 52.6 Å². The van der Waals surface area contributed by atoms with Crippen molar-refractivity contribution in [1.82, 2.24) is 20.2 Å². The Hall–Kier alpha value is -3.16. The minimum atomic E-state index is -0.442. The molecule has 0 bridgehead atoms. The zero-order chi connectivity index (χ0) is 23.4. The molecule has 0 unspecified atom stereocenters. The molecule has 1 fully saturated rings. The predicted octanol–water partition coefficient (Wildman–Crippen LogP) is 4.81. The quantitative estimate of drug-likeness (QED) is 0.527. The molecule has 1 aliphatic rings. The van der Waals surface area contributed by atoms with Crippen LogP contribution in [-0.4, -0.2) is 46.4 Å². The maximum absolute atomic E-state index is 13.2. The summed E-state index contributed by atoms with van der Waals surface area (Å²) in [5.41, 5.74) is 6.48. The van der Waals surface area contributed by atoms with Crippen LogP contribution in [0.15, 0.2) is 48.5 Å². The molecule has 2 heterocycles. The number of para-hydroxylation sites is 1. The van der Waals surface area contributed by atoms with Gasteiger partial charge in [-0.1, -0.05) is 42.3 Å². The summed E-state index contributed by atoms with van der Waals surface area (Å²) in [6, 6.07) is 14.4. The van der Waals surface area contributed by atoms with Crippen LogP contribution < -0.4 is 5.43 Å². The summed E-state index contributed by atoms with van der Waals surface area (Å²) in [6.07, 6.45) is 3.28. The van der Waals surface area contributed by atoms with E-state index in [9.17, 15) is 9.59 Å². The molecule has 1 aliphatic heterocycles. The molecule has 1 aromatic heterocycles. The highest BCUT2D eigenvalue weighted by atomic mass is 35.5. The van der Waals surface area contributed by atoms with Gasteiger partial charge < -0.3 is 4.74 Å². The zero-order valence-electron chi connectivity index (χ0n) is 18.8. The maximum atomic E-state index is 13.2. The number of ether oxygens (including phenoxy) is 1. The van der Waals surface area contributed by atoms with Crippen molar-refractivity contribution in [3.8, 4) is 16.9 Å². The van der Waals surface area contributed by atoms with Gasteiger partial charge in [-0.15, -0.1) is 0 Å². The van der Waals surface area contributed by atoms with Crippen LogP contribution in [0, 0.1) is 6.92 Å². The summed E-state index contributed by atoms with van der Waals surface area (Å²) < 4.78 is 6.90. The third-order valence-corrected chi connectivity index (χ3v) is 5.95.